The van der Waals surface area contributed by atoms with Gasteiger partial charge in [0.25, 0.3) is 0 Å². The second-order valence-corrected chi connectivity index (χ2v) is 6.25. The number of nitrogen functional groups attached to an aromatic ring is 1. The molecule has 2 N–H and O–H groups in total. The Morgan fingerprint density at radius 3 is 2.58 bits per heavy atom. The van der Waals surface area contributed by atoms with Gasteiger partial charge in [0.2, 0.25) is 0 Å². The second kappa shape index (κ2) is 5.08. The molecule has 1 saturated carbocycles. The standard InChI is InChI=1S/C15H22N4/c1-15(2)6-4-12(5-7-15)19(3)14-13(17)8-11(9-16)10-18-14/h8,10,12H,4-7,17H2,1-3H3. The molecule has 19 heavy (non-hydrogen) atoms. The van der Waals surface area contributed by atoms with Crippen molar-refractivity contribution in [2.24, 2.45) is 5.41 Å². The van der Waals surface area contributed by atoms with Gasteiger partial charge in [-0.1, -0.05) is 13.8 Å². The summed E-state index contributed by atoms with van der Waals surface area (Å²) in [5.41, 5.74) is 7.56. The van der Waals surface area contributed by atoms with Crippen LogP contribution in [0, 0.1) is 16.7 Å². The molecule has 1 heterocycles. The van der Waals surface area contributed by atoms with Crippen molar-refractivity contribution < 1.29 is 0 Å². The number of hydrogen-bond acceptors (Lipinski definition) is 4. The van der Waals surface area contributed by atoms with E-state index in [1.807, 2.05) is 7.05 Å². The lowest BCUT2D eigenvalue weighted by atomic mass is 9.75. The van der Waals surface area contributed by atoms with Crippen LogP contribution in [-0.4, -0.2) is 18.1 Å². The fraction of sp³-hybridized carbons (Fsp3) is 0.600. The molecule has 0 amide bonds. The van der Waals surface area contributed by atoms with Crippen LogP contribution >= 0.6 is 0 Å². The maximum Gasteiger partial charge on any atom is 0.151 e. The van der Waals surface area contributed by atoms with Gasteiger partial charge in [-0.15, -0.1) is 0 Å². The maximum atomic E-state index is 8.84. The first-order valence-corrected chi connectivity index (χ1v) is 6.81. The number of aromatic nitrogens is 1. The van der Waals surface area contributed by atoms with Gasteiger partial charge in [-0.3, -0.25) is 0 Å². The smallest absolute Gasteiger partial charge is 0.151 e. The van der Waals surface area contributed by atoms with E-state index < -0.39 is 0 Å². The Kier molecular flexibility index (Phi) is 3.66. The number of nitrogens with zero attached hydrogens (tertiary/aromatic N) is 3. The minimum atomic E-state index is 0.459. The van der Waals surface area contributed by atoms with E-state index in [0.29, 0.717) is 22.7 Å². The third kappa shape index (κ3) is 2.98. The Morgan fingerprint density at radius 1 is 1.42 bits per heavy atom. The summed E-state index contributed by atoms with van der Waals surface area (Å²) in [5, 5.41) is 8.84. The molecule has 0 bridgehead atoms. The third-order valence-corrected chi connectivity index (χ3v) is 4.21. The quantitative estimate of drug-likeness (QED) is 0.885. The molecule has 0 spiro atoms. The van der Waals surface area contributed by atoms with Crippen LogP contribution in [0.4, 0.5) is 11.5 Å². The summed E-state index contributed by atoms with van der Waals surface area (Å²) in [6.07, 6.45) is 6.40. The first-order valence-electron chi connectivity index (χ1n) is 6.81. The van der Waals surface area contributed by atoms with Crippen LogP contribution in [0.5, 0.6) is 0 Å². The van der Waals surface area contributed by atoms with Gasteiger partial charge in [-0.2, -0.15) is 5.26 Å². The highest BCUT2D eigenvalue weighted by atomic mass is 15.2. The van der Waals surface area contributed by atoms with Gasteiger partial charge in [0.1, 0.15) is 6.07 Å². The Bertz CT molecular complexity index is 491. The van der Waals surface area contributed by atoms with Gasteiger partial charge < -0.3 is 10.6 Å². The molecule has 0 aromatic carbocycles. The van der Waals surface area contributed by atoms with Gasteiger partial charge in [-0.05, 0) is 37.2 Å². The van der Waals surface area contributed by atoms with Crippen molar-refractivity contribution in [1.82, 2.24) is 4.98 Å². The zero-order valence-corrected chi connectivity index (χ0v) is 12.0. The molecule has 2 rings (SSSR count). The fourth-order valence-electron chi connectivity index (χ4n) is 2.77. The van der Waals surface area contributed by atoms with Crippen molar-refractivity contribution in [1.29, 1.82) is 5.26 Å². The van der Waals surface area contributed by atoms with Crippen LogP contribution in [0.25, 0.3) is 0 Å². The molecule has 1 aromatic heterocycles. The van der Waals surface area contributed by atoms with E-state index in [9.17, 15) is 0 Å². The monoisotopic (exact) mass is 258 g/mol. The van der Waals surface area contributed by atoms with Crippen molar-refractivity contribution in [3.8, 4) is 6.07 Å². The number of pyridine rings is 1. The van der Waals surface area contributed by atoms with E-state index in [2.05, 4.69) is 29.8 Å². The Labute approximate surface area is 115 Å². The van der Waals surface area contributed by atoms with Gasteiger partial charge in [0, 0.05) is 19.3 Å². The van der Waals surface area contributed by atoms with Crippen molar-refractivity contribution in [2.75, 3.05) is 17.7 Å². The number of nitriles is 1. The lowest BCUT2D eigenvalue weighted by Gasteiger charge is -2.39. The summed E-state index contributed by atoms with van der Waals surface area (Å²) < 4.78 is 0. The number of nitrogens with two attached hydrogens (primary N) is 1. The summed E-state index contributed by atoms with van der Waals surface area (Å²) in [7, 11) is 2.05. The molecule has 1 aromatic rings. The van der Waals surface area contributed by atoms with Crippen molar-refractivity contribution in [3.63, 3.8) is 0 Å². The lowest BCUT2D eigenvalue weighted by Crippen LogP contribution is -2.38. The van der Waals surface area contributed by atoms with Gasteiger partial charge >= 0.3 is 0 Å². The number of hydrogen-bond donors (Lipinski definition) is 1. The largest absolute Gasteiger partial charge is 0.396 e. The molecule has 4 nitrogen and oxygen atoms in total. The van der Waals surface area contributed by atoms with E-state index in [4.69, 9.17) is 11.0 Å². The maximum absolute atomic E-state index is 8.84. The zero-order valence-electron chi connectivity index (χ0n) is 12.0. The van der Waals surface area contributed by atoms with Crippen LogP contribution in [-0.2, 0) is 0 Å². The predicted molar refractivity (Wildman–Crippen MR) is 77.8 cm³/mol. The van der Waals surface area contributed by atoms with Crippen LogP contribution in [0.3, 0.4) is 0 Å². The topological polar surface area (TPSA) is 65.9 Å². The average molecular weight is 258 g/mol. The van der Waals surface area contributed by atoms with E-state index in [1.165, 1.54) is 25.7 Å². The van der Waals surface area contributed by atoms with Crippen molar-refractivity contribution in [3.05, 3.63) is 17.8 Å². The van der Waals surface area contributed by atoms with Gasteiger partial charge in [0.15, 0.2) is 5.82 Å². The molecule has 102 valence electrons. The highest BCUT2D eigenvalue weighted by Gasteiger charge is 2.29. The van der Waals surface area contributed by atoms with Crippen molar-refractivity contribution >= 4 is 11.5 Å². The molecule has 1 aliphatic rings. The Morgan fingerprint density at radius 2 is 2.05 bits per heavy atom. The molecule has 0 radical (unpaired) electrons. The first-order chi connectivity index (χ1) is 8.93. The van der Waals surface area contributed by atoms with Gasteiger partial charge in [0.05, 0.1) is 11.3 Å². The minimum Gasteiger partial charge on any atom is -0.396 e. The second-order valence-electron chi connectivity index (χ2n) is 6.25. The van der Waals surface area contributed by atoms with E-state index >= 15 is 0 Å². The summed E-state index contributed by atoms with van der Waals surface area (Å²) in [6, 6.07) is 4.26. The van der Waals surface area contributed by atoms with Crippen LogP contribution in [0.1, 0.15) is 45.1 Å². The molecule has 0 unspecified atom stereocenters. The average Bonchev–Trinajstić information content (AvgIpc) is 2.37. The molecular formula is C15H22N4. The van der Waals surface area contributed by atoms with E-state index in [-0.39, 0.29) is 0 Å². The Hall–Kier alpha value is -1.76. The zero-order chi connectivity index (χ0) is 14.0. The summed E-state index contributed by atoms with van der Waals surface area (Å²) in [5.74, 6) is 0.795. The summed E-state index contributed by atoms with van der Waals surface area (Å²) in [6.45, 7) is 4.66. The molecule has 0 saturated heterocycles. The number of rotatable bonds is 2. The summed E-state index contributed by atoms with van der Waals surface area (Å²) in [4.78, 5) is 6.51. The lowest BCUT2D eigenvalue weighted by molar-refractivity contribution is 0.222. The first kappa shape index (κ1) is 13.7. The minimum absolute atomic E-state index is 0.459. The van der Waals surface area contributed by atoms with E-state index in [0.717, 1.165) is 5.82 Å². The summed E-state index contributed by atoms with van der Waals surface area (Å²) >= 11 is 0. The van der Waals surface area contributed by atoms with Gasteiger partial charge in [-0.25, -0.2) is 4.98 Å². The normalized spacial score (nSPS) is 18.8. The highest BCUT2D eigenvalue weighted by molar-refractivity contribution is 5.64. The SMILES string of the molecule is CN(c1ncc(C#N)cc1N)C1CCC(C)(C)CC1. The van der Waals surface area contributed by atoms with Crippen LogP contribution in [0.2, 0.25) is 0 Å². The Balaban J connectivity index is 2.12. The predicted octanol–water partition coefficient (Wildman–Crippen LogP) is 2.94. The highest BCUT2D eigenvalue weighted by Crippen LogP contribution is 2.38. The molecule has 0 atom stereocenters. The molecule has 4 heteroatoms. The molecular weight excluding hydrogens is 236 g/mol. The fourth-order valence-corrected chi connectivity index (χ4v) is 2.77. The number of anilines is 2. The molecule has 1 fully saturated rings. The van der Waals surface area contributed by atoms with Crippen LogP contribution in [0.15, 0.2) is 12.3 Å². The van der Waals surface area contributed by atoms with E-state index in [1.54, 1.807) is 12.3 Å². The van der Waals surface area contributed by atoms with Crippen LogP contribution < -0.4 is 10.6 Å². The third-order valence-electron chi connectivity index (χ3n) is 4.21. The molecule has 0 aliphatic heterocycles. The molecule has 1 aliphatic carbocycles. The van der Waals surface area contributed by atoms with Crippen molar-refractivity contribution in [2.45, 2.75) is 45.6 Å².